The third-order valence-corrected chi connectivity index (χ3v) is 5.73. The fourth-order valence-corrected chi connectivity index (χ4v) is 4.22. The highest BCUT2D eigenvalue weighted by Crippen LogP contribution is 2.34. The number of nitrogens with one attached hydrogen (secondary N) is 1. The molecule has 0 bridgehead atoms. The molecule has 8 heteroatoms. The summed E-state index contributed by atoms with van der Waals surface area (Å²) < 4.78 is 13.0. The van der Waals surface area contributed by atoms with Crippen LogP contribution < -0.4 is 5.32 Å². The number of amides is 1. The summed E-state index contributed by atoms with van der Waals surface area (Å²) in [4.78, 5) is 23.4. The van der Waals surface area contributed by atoms with E-state index in [1.54, 1.807) is 12.3 Å². The van der Waals surface area contributed by atoms with Crippen LogP contribution in [0, 0.1) is 5.82 Å². The Kier molecular flexibility index (Phi) is 5.66. The molecule has 1 amide bonds. The van der Waals surface area contributed by atoms with Crippen LogP contribution in [0.15, 0.2) is 48.0 Å². The van der Waals surface area contributed by atoms with Crippen LogP contribution in [-0.2, 0) is 6.54 Å². The largest absolute Gasteiger partial charge is 0.298 e. The average Bonchev–Trinajstić information content (AvgIpc) is 3.33. The topological polar surface area (TPSA) is 58.1 Å². The lowest BCUT2D eigenvalue weighted by Crippen LogP contribution is -2.23. The zero-order valence-corrected chi connectivity index (χ0v) is 16.5. The number of thiazole rings is 1. The fourth-order valence-electron chi connectivity index (χ4n) is 3.35. The summed E-state index contributed by atoms with van der Waals surface area (Å²) in [5, 5.41) is 5.82. The van der Waals surface area contributed by atoms with Gasteiger partial charge in [-0.3, -0.25) is 15.0 Å². The van der Waals surface area contributed by atoms with E-state index in [1.807, 2.05) is 11.4 Å². The molecule has 0 aliphatic carbocycles. The molecule has 1 aromatic carbocycles. The van der Waals surface area contributed by atoms with Crippen molar-refractivity contribution >= 4 is 34.0 Å². The molecule has 0 saturated carbocycles. The van der Waals surface area contributed by atoms with Crippen LogP contribution >= 0.6 is 22.9 Å². The van der Waals surface area contributed by atoms with E-state index < -0.39 is 0 Å². The Labute approximate surface area is 171 Å². The maximum absolute atomic E-state index is 13.0. The smallest absolute Gasteiger partial charge is 0.257 e. The molecular weight excluding hydrogens is 399 g/mol. The number of benzene rings is 1. The van der Waals surface area contributed by atoms with Gasteiger partial charge in [0.1, 0.15) is 11.0 Å². The highest BCUT2D eigenvalue weighted by Gasteiger charge is 2.28. The number of halogens is 2. The van der Waals surface area contributed by atoms with Crippen molar-refractivity contribution in [3.8, 4) is 0 Å². The van der Waals surface area contributed by atoms with Crippen molar-refractivity contribution < 1.29 is 9.18 Å². The molecule has 1 fully saturated rings. The van der Waals surface area contributed by atoms with Crippen LogP contribution in [-0.4, -0.2) is 27.3 Å². The van der Waals surface area contributed by atoms with Crippen LogP contribution in [0.3, 0.4) is 0 Å². The van der Waals surface area contributed by atoms with E-state index in [-0.39, 0.29) is 17.8 Å². The summed E-state index contributed by atoms with van der Waals surface area (Å²) in [7, 11) is 0. The van der Waals surface area contributed by atoms with E-state index in [2.05, 4.69) is 20.2 Å². The third-order valence-electron chi connectivity index (χ3n) is 4.73. The monoisotopic (exact) mass is 416 g/mol. The molecule has 1 aliphatic heterocycles. The lowest BCUT2D eigenvalue weighted by molar-refractivity contribution is 0.102. The van der Waals surface area contributed by atoms with Gasteiger partial charge in [0.05, 0.1) is 11.7 Å². The fraction of sp³-hybridized carbons (Fsp3) is 0.250. The molecule has 1 saturated heterocycles. The molecule has 3 heterocycles. The number of nitrogens with zero attached hydrogens (tertiary/aromatic N) is 3. The van der Waals surface area contributed by atoms with E-state index in [0.29, 0.717) is 15.8 Å². The van der Waals surface area contributed by atoms with Crippen LogP contribution in [0.1, 0.15) is 40.5 Å². The van der Waals surface area contributed by atoms with E-state index in [1.165, 1.54) is 35.6 Å². The molecular formula is C20H18ClFN4OS. The van der Waals surface area contributed by atoms with Gasteiger partial charge in [0, 0.05) is 23.7 Å². The minimum atomic E-state index is -0.370. The summed E-state index contributed by atoms with van der Waals surface area (Å²) in [6.07, 6.45) is 3.92. The zero-order valence-electron chi connectivity index (χ0n) is 14.9. The number of anilines is 1. The molecule has 4 rings (SSSR count). The Morgan fingerprint density at radius 3 is 2.86 bits per heavy atom. The van der Waals surface area contributed by atoms with Crippen molar-refractivity contribution in [1.82, 2.24) is 14.9 Å². The van der Waals surface area contributed by atoms with Gasteiger partial charge < -0.3 is 0 Å². The second kappa shape index (κ2) is 8.34. The summed E-state index contributed by atoms with van der Waals surface area (Å²) in [6.45, 7) is 1.77. The van der Waals surface area contributed by atoms with Crippen LogP contribution in [0.2, 0.25) is 5.15 Å². The Hall–Kier alpha value is -2.35. The second-order valence-corrected chi connectivity index (χ2v) is 7.90. The lowest BCUT2D eigenvalue weighted by atomic mass is 10.1. The summed E-state index contributed by atoms with van der Waals surface area (Å²) >= 11 is 7.26. The van der Waals surface area contributed by atoms with Gasteiger partial charge in [0.15, 0.2) is 5.13 Å². The zero-order chi connectivity index (χ0) is 19.5. The van der Waals surface area contributed by atoms with Gasteiger partial charge in [-0.2, -0.15) is 0 Å². The maximum Gasteiger partial charge on any atom is 0.257 e. The van der Waals surface area contributed by atoms with Gasteiger partial charge >= 0.3 is 0 Å². The third kappa shape index (κ3) is 4.38. The molecule has 0 spiro atoms. The first kappa shape index (κ1) is 19.0. The van der Waals surface area contributed by atoms with Gasteiger partial charge in [-0.15, -0.1) is 11.3 Å². The molecule has 144 valence electrons. The number of rotatable bonds is 5. The van der Waals surface area contributed by atoms with Crippen LogP contribution in [0.25, 0.3) is 0 Å². The molecule has 1 atom stereocenters. The number of hydrogen-bond donors (Lipinski definition) is 1. The predicted octanol–water partition coefficient (Wildman–Crippen LogP) is 4.92. The van der Waals surface area contributed by atoms with Crippen molar-refractivity contribution in [3.63, 3.8) is 0 Å². The Morgan fingerprint density at radius 2 is 2.11 bits per heavy atom. The van der Waals surface area contributed by atoms with Gasteiger partial charge in [0.25, 0.3) is 5.91 Å². The van der Waals surface area contributed by atoms with E-state index >= 15 is 0 Å². The molecule has 2 aromatic heterocycles. The summed E-state index contributed by atoms with van der Waals surface area (Å²) in [5.41, 5.74) is 2.46. The van der Waals surface area contributed by atoms with Gasteiger partial charge in [-0.1, -0.05) is 17.7 Å². The molecule has 1 N–H and O–H groups in total. The van der Waals surface area contributed by atoms with Gasteiger partial charge in [-0.25, -0.2) is 14.4 Å². The van der Waals surface area contributed by atoms with E-state index in [9.17, 15) is 9.18 Å². The Bertz CT molecular complexity index is 961. The van der Waals surface area contributed by atoms with Crippen molar-refractivity contribution in [2.24, 2.45) is 0 Å². The quantitative estimate of drug-likeness (QED) is 0.600. The van der Waals surface area contributed by atoms with E-state index in [4.69, 9.17) is 11.6 Å². The molecule has 5 nitrogen and oxygen atoms in total. The first-order valence-corrected chi connectivity index (χ1v) is 10.2. The maximum atomic E-state index is 13.0. The number of hydrogen-bond acceptors (Lipinski definition) is 5. The number of aromatic nitrogens is 2. The lowest BCUT2D eigenvalue weighted by Gasteiger charge is -2.22. The van der Waals surface area contributed by atoms with Gasteiger partial charge in [-0.05, 0) is 55.3 Å². The standard InChI is InChI=1S/C20H18ClFN4OS/c21-18-8-3-13(10-23-18)11-26-9-1-2-17(26)16-12-28-20(24-16)25-19(27)14-4-6-15(22)7-5-14/h3-8,10,12,17H,1-2,9,11H2,(H,24,25,27). The van der Waals surface area contributed by atoms with Crippen LogP contribution in [0.5, 0.6) is 0 Å². The number of carbonyl (C=O) groups excluding carboxylic acids is 1. The predicted molar refractivity (Wildman–Crippen MR) is 108 cm³/mol. The van der Waals surface area contributed by atoms with Crippen molar-refractivity contribution in [1.29, 1.82) is 0 Å². The molecule has 3 aromatic rings. The normalized spacial score (nSPS) is 17.0. The number of pyridine rings is 1. The Balaban J connectivity index is 1.43. The highest BCUT2D eigenvalue weighted by molar-refractivity contribution is 7.14. The first-order chi connectivity index (χ1) is 13.6. The van der Waals surface area contributed by atoms with Gasteiger partial charge in [0.2, 0.25) is 0 Å². The number of likely N-dealkylation sites (tertiary alicyclic amines) is 1. The molecule has 0 radical (unpaired) electrons. The van der Waals surface area contributed by atoms with Crippen LogP contribution in [0.4, 0.5) is 9.52 Å². The van der Waals surface area contributed by atoms with Crippen molar-refractivity contribution in [2.75, 3.05) is 11.9 Å². The second-order valence-electron chi connectivity index (χ2n) is 6.66. The highest BCUT2D eigenvalue weighted by atomic mass is 35.5. The Morgan fingerprint density at radius 1 is 1.29 bits per heavy atom. The SMILES string of the molecule is O=C(Nc1nc(C2CCCN2Cc2ccc(Cl)nc2)cs1)c1ccc(F)cc1. The minimum absolute atomic E-state index is 0.211. The number of carbonyl (C=O) groups is 1. The average molecular weight is 417 g/mol. The van der Waals surface area contributed by atoms with Crippen molar-refractivity contribution in [2.45, 2.75) is 25.4 Å². The first-order valence-electron chi connectivity index (χ1n) is 8.95. The van der Waals surface area contributed by atoms with Crippen molar-refractivity contribution in [3.05, 3.63) is 75.8 Å². The molecule has 1 aliphatic rings. The minimum Gasteiger partial charge on any atom is -0.298 e. The molecule has 1 unspecified atom stereocenters. The van der Waals surface area contributed by atoms with E-state index in [0.717, 1.165) is 37.2 Å². The summed E-state index contributed by atoms with van der Waals surface area (Å²) in [6, 6.07) is 9.45. The molecule has 28 heavy (non-hydrogen) atoms. The summed E-state index contributed by atoms with van der Waals surface area (Å²) in [5.74, 6) is -0.665.